The van der Waals surface area contributed by atoms with E-state index >= 15 is 0 Å². The smallest absolute Gasteiger partial charge is 0.305 e. The number of aliphatic carboxylic acids is 1. The van der Waals surface area contributed by atoms with Gasteiger partial charge in [-0.3, -0.25) is 9.59 Å². The van der Waals surface area contributed by atoms with Crippen LogP contribution in [0.4, 0.5) is 0 Å². The number of benzene rings is 1. The van der Waals surface area contributed by atoms with Gasteiger partial charge in [-0.2, -0.15) is 5.10 Å². The number of pyridine rings is 1. The highest BCUT2D eigenvalue weighted by molar-refractivity contribution is 5.96. The molecule has 3 aromatic rings. The standard InChI is InChI=1S/C20H18N4O4/c25-16-8-13(14-11-22-24(12-14)15-4-2-1-3-5-15)10-21-18(16)19(28)23-20(6-7-20)9-17(26)27/h1-5,8,10-12,25H,6-7,9H2,(H,23,28)(H,26,27). The van der Waals surface area contributed by atoms with E-state index < -0.39 is 17.4 Å². The third-order valence-electron chi connectivity index (χ3n) is 4.74. The lowest BCUT2D eigenvalue weighted by Gasteiger charge is -2.15. The van der Waals surface area contributed by atoms with Crippen LogP contribution in [0.1, 0.15) is 29.8 Å². The van der Waals surface area contributed by atoms with Crippen molar-refractivity contribution in [3.63, 3.8) is 0 Å². The summed E-state index contributed by atoms with van der Waals surface area (Å²) in [5.41, 5.74) is 1.39. The molecule has 8 heteroatoms. The Hall–Kier alpha value is -3.68. The van der Waals surface area contributed by atoms with Crippen molar-refractivity contribution in [2.45, 2.75) is 24.8 Å². The van der Waals surface area contributed by atoms with Gasteiger partial charge in [0.25, 0.3) is 5.91 Å². The average molecular weight is 378 g/mol. The van der Waals surface area contributed by atoms with Gasteiger partial charge >= 0.3 is 5.97 Å². The molecule has 1 aromatic carbocycles. The van der Waals surface area contributed by atoms with Crippen LogP contribution in [0.25, 0.3) is 16.8 Å². The van der Waals surface area contributed by atoms with E-state index in [1.807, 2.05) is 30.3 Å². The van der Waals surface area contributed by atoms with Gasteiger partial charge in [0.1, 0.15) is 5.75 Å². The van der Waals surface area contributed by atoms with Crippen LogP contribution in [0, 0.1) is 0 Å². The molecule has 142 valence electrons. The highest BCUT2D eigenvalue weighted by Crippen LogP contribution is 2.39. The van der Waals surface area contributed by atoms with Gasteiger partial charge in [0.05, 0.1) is 23.8 Å². The SMILES string of the molecule is O=C(O)CC1(NC(=O)c2ncc(-c3cnn(-c4ccccc4)c3)cc2O)CC1. The summed E-state index contributed by atoms with van der Waals surface area (Å²) < 4.78 is 1.70. The summed E-state index contributed by atoms with van der Waals surface area (Å²) in [4.78, 5) is 27.4. The molecular weight excluding hydrogens is 360 g/mol. The maximum Gasteiger partial charge on any atom is 0.305 e. The summed E-state index contributed by atoms with van der Waals surface area (Å²) in [5, 5.41) is 26.2. The minimum absolute atomic E-state index is 0.129. The molecule has 1 amide bonds. The lowest BCUT2D eigenvalue weighted by Crippen LogP contribution is -2.38. The second kappa shape index (κ2) is 6.80. The third kappa shape index (κ3) is 3.57. The molecule has 1 fully saturated rings. The van der Waals surface area contributed by atoms with Crippen LogP contribution in [-0.4, -0.2) is 42.4 Å². The summed E-state index contributed by atoms with van der Waals surface area (Å²) in [6.45, 7) is 0. The van der Waals surface area contributed by atoms with E-state index in [1.165, 1.54) is 12.3 Å². The molecule has 0 saturated heterocycles. The number of aromatic nitrogens is 3. The van der Waals surface area contributed by atoms with Crippen LogP contribution >= 0.6 is 0 Å². The quantitative estimate of drug-likeness (QED) is 0.606. The summed E-state index contributed by atoms with van der Waals surface area (Å²) in [6.07, 6.45) is 5.99. The van der Waals surface area contributed by atoms with Gasteiger partial charge in [-0.1, -0.05) is 18.2 Å². The number of nitrogens with zero attached hydrogens (tertiary/aromatic N) is 3. The van der Waals surface area contributed by atoms with Crippen molar-refractivity contribution in [1.29, 1.82) is 0 Å². The Bertz CT molecular complexity index is 1040. The van der Waals surface area contributed by atoms with E-state index in [0.29, 0.717) is 18.4 Å². The molecule has 0 unspecified atom stereocenters. The monoisotopic (exact) mass is 378 g/mol. The van der Waals surface area contributed by atoms with Gasteiger partial charge in [0.2, 0.25) is 0 Å². The molecule has 3 N–H and O–H groups in total. The maximum absolute atomic E-state index is 12.4. The van der Waals surface area contributed by atoms with E-state index in [1.54, 1.807) is 17.1 Å². The van der Waals surface area contributed by atoms with Crippen LogP contribution in [0.15, 0.2) is 55.0 Å². The Kier molecular flexibility index (Phi) is 4.31. The number of amides is 1. The molecule has 1 saturated carbocycles. The van der Waals surface area contributed by atoms with E-state index in [9.17, 15) is 14.7 Å². The summed E-state index contributed by atoms with van der Waals surface area (Å²) in [6, 6.07) is 11.0. The molecular formula is C20H18N4O4. The number of hydrogen-bond donors (Lipinski definition) is 3. The zero-order chi connectivity index (χ0) is 19.7. The molecule has 1 aliphatic carbocycles. The number of carboxylic acids is 1. The molecule has 1 aliphatic rings. The van der Waals surface area contributed by atoms with Gasteiger partial charge in [0, 0.05) is 23.5 Å². The van der Waals surface area contributed by atoms with Crippen LogP contribution < -0.4 is 5.32 Å². The Labute approximate surface area is 160 Å². The third-order valence-corrected chi connectivity index (χ3v) is 4.74. The topological polar surface area (TPSA) is 117 Å². The van der Waals surface area contributed by atoms with Gasteiger partial charge in [-0.25, -0.2) is 9.67 Å². The number of carbonyl (C=O) groups is 2. The predicted octanol–water partition coefficient (Wildman–Crippen LogP) is 2.38. The fraction of sp³-hybridized carbons (Fsp3) is 0.200. The zero-order valence-electron chi connectivity index (χ0n) is 14.9. The van der Waals surface area contributed by atoms with Crippen molar-refractivity contribution in [1.82, 2.24) is 20.1 Å². The van der Waals surface area contributed by atoms with Gasteiger partial charge in [-0.05, 0) is 31.0 Å². The first-order valence-corrected chi connectivity index (χ1v) is 8.80. The fourth-order valence-electron chi connectivity index (χ4n) is 3.07. The van der Waals surface area contributed by atoms with Crippen molar-refractivity contribution in [2.75, 3.05) is 0 Å². The van der Waals surface area contributed by atoms with Crippen molar-refractivity contribution < 1.29 is 19.8 Å². The molecule has 0 bridgehead atoms. The highest BCUT2D eigenvalue weighted by Gasteiger charge is 2.46. The van der Waals surface area contributed by atoms with Gasteiger partial charge in [-0.15, -0.1) is 0 Å². The Morgan fingerprint density at radius 3 is 2.54 bits per heavy atom. The summed E-state index contributed by atoms with van der Waals surface area (Å²) in [5.74, 6) is -1.82. The van der Waals surface area contributed by atoms with Crippen LogP contribution in [-0.2, 0) is 4.79 Å². The fourth-order valence-corrected chi connectivity index (χ4v) is 3.07. The average Bonchev–Trinajstić information content (AvgIpc) is 3.22. The second-order valence-corrected chi connectivity index (χ2v) is 6.91. The van der Waals surface area contributed by atoms with Crippen LogP contribution in [0.2, 0.25) is 0 Å². The van der Waals surface area contributed by atoms with E-state index in [-0.39, 0.29) is 17.9 Å². The molecule has 2 heterocycles. The summed E-state index contributed by atoms with van der Waals surface area (Å²) in [7, 11) is 0. The number of nitrogens with one attached hydrogen (secondary N) is 1. The Morgan fingerprint density at radius 2 is 1.89 bits per heavy atom. The molecule has 4 rings (SSSR count). The lowest BCUT2D eigenvalue weighted by atomic mass is 10.1. The van der Waals surface area contributed by atoms with Gasteiger partial charge in [0.15, 0.2) is 5.69 Å². The van der Waals surface area contributed by atoms with Crippen molar-refractivity contribution in [3.05, 3.63) is 60.7 Å². The maximum atomic E-state index is 12.4. The first-order valence-electron chi connectivity index (χ1n) is 8.80. The van der Waals surface area contributed by atoms with E-state index in [2.05, 4.69) is 15.4 Å². The zero-order valence-corrected chi connectivity index (χ0v) is 14.9. The first kappa shape index (κ1) is 17.7. The minimum atomic E-state index is -0.972. The minimum Gasteiger partial charge on any atom is -0.505 e. The molecule has 8 nitrogen and oxygen atoms in total. The van der Waals surface area contributed by atoms with E-state index in [4.69, 9.17) is 5.11 Å². The largest absolute Gasteiger partial charge is 0.505 e. The normalized spacial score (nSPS) is 14.4. The molecule has 2 aromatic heterocycles. The first-order chi connectivity index (χ1) is 13.5. The molecule has 0 aliphatic heterocycles. The second-order valence-electron chi connectivity index (χ2n) is 6.91. The number of carboxylic acid groups (broad SMARTS) is 1. The Balaban J connectivity index is 1.53. The molecule has 28 heavy (non-hydrogen) atoms. The molecule has 0 spiro atoms. The molecule has 0 atom stereocenters. The van der Waals surface area contributed by atoms with E-state index in [0.717, 1.165) is 11.3 Å². The number of rotatable bonds is 6. The molecule has 0 radical (unpaired) electrons. The number of hydrogen-bond acceptors (Lipinski definition) is 5. The predicted molar refractivity (Wildman–Crippen MR) is 100 cm³/mol. The van der Waals surface area contributed by atoms with Crippen molar-refractivity contribution in [3.8, 4) is 22.6 Å². The number of carbonyl (C=O) groups excluding carboxylic acids is 1. The highest BCUT2D eigenvalue weighted by atomic mass is 16.4. The number of para-hydroxylation sites is 1. The van der Waals surface area contributed by atoms with Crippen molar-refractivity contribution in [2.24, 2.45) is 0 Å². The van der Waals surface area contributed by atoms with Crippen molar-refractivity contribution >= 4 is 11.9 Å². The van der Waals surface area contributed by atoms with Crippen LogP contribution in [0.5, 0.6) is 5.75 Å². The number of aromatic hydroxyl groups is 1. The summed E-state index contributed by atoms with van der Waals surface area (Å²) >= 11 is 0. The Morgan fingerprint density at radius 1 is 1.14 bits per heavy atom. The van der Waals surface area contributed by atoms with Crippen LogP contribution in [0.3, 0.4) is 0 Å². The lowest BCUT2D eigenvalue weighted by molar-refractivity contribution is -0.137. The van der Waals surface area contributed by atoms with Gasteiger partial charge < -0.3 is 15.5 Å².